The molecule has 1 saturated heterocycles. The van der Waals surface area contributed by atoms with E-state index in [0.717, 1.165) is 61.6 Å². The van der Waals surface area contributed by atoms with Crippen LogP contribution < -0.4 is 10.6 Å². The van der Waals surface area contributed by atoms with Gasteiger partial charge >= 0.3 is 0 Å². The summed E-state index contributed by atoms with van der Waals surface area (Å²) in [6.07, 6.45) is 8.38. The van der Waals surface area contributed by atoms with Crippen molar-refractivity contribution in [3.8, 4) is 34.4 Å². The maximum absolute atomic E-state index is 13.6. The van der Waals surface area contributed by atoms with Gasteiger partial charge in [0.2, 0.25) is 5.82 Å². The van der Waals surface area contributed by atoms with Gasteiger partial charge < -0.3 is 10.6 Å². The molecule has 1 aliphatic rings. The fourth-order valence-corrected chi connectivity index (χ4v) is 6.10. The Bertz CT molecular complexity index is 2070. The number of benzene rings is 1. The van der Waals surface area contributed by atoms with Gasteiger partial charge in [-0.05, 0) is 79.4 Å². The van der Waals surface area contributed by atoms with Crippen molar-refractivity contribution in [2.75, 3.05) is 37.3 Å². The number of halogens is 1. The summed E-state index contributed by atoms with van der Waals surface area (Å²) in [5.74, 6) is 2.17. The number of fused-ring (bicyclic) bond motifs is 1. The first-order valence-electron chi connectivity index (χ1n) is 15.4. The van der Waals surface area contributed by atoms with Crippen LogP contribution in [0.3, 0.4) is 0 Å². The molecule has 5 aromatic heterocycles. The molecule has 0 amide bonds. The molecule has 0 bridgehead atoms. The fourth-order valence-electron chi connectivity index (χ4n) is 6.10. The van der Waals surface area contributed by atoms with E-state index in [-0.39, 0.29) is 5.82 Å². The number of nitriles is 1. The minimum Gasteiger partial charge on any atom is -0.383 e. The number of hydrogen-bond donors (Lipinski definition) is 1. The molecule has 234 valence electrons. The molecule has 1 aromatic carbocycles. The Morgan fingerprint density at radius 3 is 2.66 bits per heavy atom. The minimum atomic E-state index is -0.395. The molecule has 1 fully saturated rings. The predicted molar refractivity (Wildman–Crippen MR) is 178 cm³/mol. The van der Waals surface area contributed by atoms with Gasteiger partial charge in [-0.25, -0.2) is 29.3 Å². The maximum atomic E-state index is 13.6. The third kappa shape index (κ3) is 6.34. The molecule has 12 heteroatoms. The van der Waals surface area contributed by atoms with Crippen LogP contribution >= 0.6 is 0 Å². The van der Waals surface area contributed by atoms with E-state index in [4.69, 9.17) is 16.0 Å². The third-order valence-electron chi connectivity index (χ3n) is 8.59. The first-order valence-corrected chi connectivity index (χ1v) is 15.4. The molecule has 0 saturated carbocycles. The Labute approximate surface area is 271 Å². The molecule has 0 spiro atoms. The molecule has 1 unspecified atom stereocenters. The number of aromatic nitrogens is 7. The number of nitrogens with zero attached hydrogens (tertiary/aromatic N) is 10. The largest absolute Gasteiger partial charge is 0.383 e. The zero-order valence-corrected chi connectivity index (χ0v) is 25.8. The van der Waals surface area contributed by atoms with Gasteiger partial charge in [0, 0.05) is 56.5 Å². The summed E-state index contributed by atoms with van der Waals surface area (Å²) in [6, 6.07) is 21.1. The Balaban J connectivity index is 1.09. The van der Waals surface area contributed by atoms with E-state index < -0.39 is 5.82 Å². The summed E-state index contributed by atoms with van der Waals surface area (Å²) in [4.78, 5) is 30.9. The van der Waals surface area contributed by atoms with Crippen molar-refractivity contribution in [2.24, 2.45) is 5.92 Å². The van der Waals surface area contributed by atoms with Crippen LogP contribution in [0.1, 0.15) is 24.2 Å². The fraction of sp³-hybridized carbons (Fsp3) is 0.229. The van der Waals surface area contributed by atoms with Crippen LogP contribution in [-0.2, 0) is 6.54 Å². The first-order chi connectivity index (χ1) is 22.9. The monoisotopic (exact) mass is 625 g/mol. The Hall–Kier alpha value is -5.80. The molecule has 11 nitrogen and oxygen atoms in total. The van der Waals surface area contributed by atoms with Crippen molar-refractivity contribution in [1.82, 2.24) is 39.4 Å². The molecular formula is C35H32FN11. The molecule has 2 N–H and O–H groups in total. The van der Waals surface area contributed by atoms with E-state index >= 15 is 0 Å². The molecule has 7 rings (SSSR count). The predicted octanol–water partition coefficient (Wildman–Crippen LogP) is 5.28. The van der Waals surface area contributed by atoms with E-state index in [1.54, 1.807) is 24.7 Å². The summed E-state index contributed by atoms with van der Waals surface area (Å²) >= 11 is 0. The SMILES string of the molecule is CN(CCC1CCN(Cc2ccc(-n3c(-c4cccnc4N)nc4ncc(-c5ccc(F)cn5)cc43)cc2)C1)c1ccnc(C#N)n1. The second kappa shape index (κ2) is 12.9. The normalized spacial score (nSPS) is 14.8. The number of likely N-dealkylation sites (tertiary alicyclic amines) is 1. The van der Waals surface area contributed by atoms with Crippen molar-refractivity contribution in [1.29, 1.82) is 5.26 Å². The lowest BCUT2D eigenvalue weighted by molar-refractivity contribution is 0.314. The topological polar surface area (TPSA) is 139 Å². The number of rotatable bonds is 9. The van der Waals surface area contributed by atoms with E-state index in [9.17, 15) is 4.39 Å². The van der Waals surface area contributed by atoms with Gasteiger partial charge in [0.25, 0.3) is 0 Å². The van der Waals surface area contributed by atoms with E-state index in [0.29, 0.717) is 34.5 Å². The van der Waals surface area contributed by atoms with Crippen molar-refractivity contribution >= 4 is 22.8 Å². The number of anilines is 2. The van der Waals surface area contributed by atoms with Crippen LogP contribution in [0, 0.1) is 23.1 Å². The van der Waals surface area contributed by atoms with Crippen molar-refractivity contribution in [2.45, 2.75) is 19.4 Å². The molecule has 1 aliphatic heterocycles. The average molecular weight is 626 g/mol. The average Bonchev–Trinajstić information content (AvgIpc) is 3.72. The number of nitrogens with two attached hydrogens (primary N) is 1. The second-order valence-electron chi connectivity index (χ2n) is 11.8. The van der Waals surface area contributed by atoms with Gasteiger partial charge in [-0.2, -0.15) is 5.26 Å². The van der Waals surface area contributed by atoms with Crippen LogP contribution in [0.5, 0.6) is 0 Å². The molecular weight excluding hydrogens is 593 g/mol. The smallest absolute Gasteiger partial charge is 0.234 e. The number of imidazole rings is 1. The zero-order valence-electron chi connectivity index (χ0n) is 25.8. The lowest BCUT2D eigenvalue weighted by Gasteiger charge is -2.21. The van der Waals surface area contributed by atoms with Crippen LogP contribution in [0.2, 0.25) is 0 Å². The highest BCUT2D eigenvalue weighted by Gasteiger charge is 2.23. The van der Waals surface area contributed by atoms with E-state index in [1.807, 2.05) is 41.9 Å². The number of nitrogen functional groups attached to an aromatic ring is 1. The summed E-state index contributed by atoms with van der Waals surface area (Å²) in [7, 11) is 2.01. The van der Waals surface area contributed by atoms with Crippen LogP contribution in [0.15, 0.2) is 85.5 Å². The van der Waals surface area contributed by atoms with E-state index in [1.165, 1.54) is 17.8 Å². The van der Waals surface area contributed by atoms with Crippen molar-refractivity contribution in [3.05, 3.63) is 103 Å². The van der Waals surface area contributed by atoms with E-state index in [2.05, 4.69) is 59.0 Å². The highest BCUT2D eigenvalue weighted by molar-refractivity contribution is 5.85. The summed E-state index contributed by atoms with van der Waals surface area (Å²) in [5, 5.41) is 9.10. The molecule has 6 aromatic rings. The number of pyridine rings is 3. The first kappa shape index (κ1) is 29.9. The molecule has 6 heterocycles. The molecule has 1 atom stereocenters. The maximum Gasteiger partial charge on any atom is 0.234 e. The van der Waals surface area contributed by atoms with Crippen LogP contribution in [-0.4, -0.2) is 66.1 Å². The highest BCUT2D eigenvalue weighted by Crippen LogP contribution is 2.32. The van der Waals surface area contributed by atoms with Gasteiger partial charge in [-0.3, -0.25) is 14.5 Å². The third-order valence-corrected chi connectivity index (χ3v) is 8.59. The summed E-state index contributed by atoms with van der Waals surface area (Å²) in [5.41, 5.74) is 11.8. The van der Waals surface area contributed by atoms with Gasteiger partial charge in [-0.15, -0.1) is 0 Å². The minimum absolute atomic E-state index is 0.190. The van der Waals surface area contributed by atoms with Gasteiger partial charge in [-0.1, -0.05) is 12.1 Å². The van der Waals surface area contributed by atoms with Gasteiger partial charge in [0.1, 0.15) is 23.5 Å². The van der Waals surface area contributed by atoms with Gasteiger partial charge in [0.05, 0.1) is 23.0 Å². The van der Waals surface area contributed by atoms with Crippen molar-refractivity contribution in [3.63, 3.8) is 0 Å². The lowest BCUT2D eigenvalue weighted by Crippen LogP contribution is -2.24. The quantitative estimate of drug-likeness (QED) is 0.226. The Kier molecular flexibility index (Phi) is 8.20. The summed E-state index contributed by atoms with van der Waals surface area (Å²) in [6.45, 7) is 3.81. The Morgan fingerprint density at radius 2 is 1.87 bits per heavy atom. The van der Waals surface area contributed by atoms with Crippen molar-refractivity contribution < 1.29 is 4.39 Å². The number of hydrogen-bond acceptors (Lipinski definition) is 10. The summed E-state index contributed by atoms with van der Waals surface area (Å²) < 4.78 is 15.6. The Morgan fingerprint density at radius 1 is 1.00 bits per heavy atom. The standard InChI is InChI=1S/C35H32FN11/c1-45(32-10-14-39-31(18-37)43-32)15-11-24-12-16-46(22-24)21-23-4-7-27(8-5-23)47-30-17-25(29-9-6-26(36)20-41-29)19-42-34(30)44-35(47)28-3-2-13-40-33(28)38/h2-10,13-14,17,19-20,24H,11-12,15-16,21-22H2,1H3,(H2,38,40). The zero-order chi connectivity index (χ0) is 32.3. The van der Waals surface area contributed by atoms with Crippen LogP contribution in [0.4, 0.5) is 16.0 Å². The van der Waals surface area contributed by atoms with Crippen LogP contribution in [0.25, 0.3) is 39.5 Å². The molecule has 47 heavy (non-hydrogen) atoms. The van der Waals surface area contributed by atoms with Gasteiger partial charge in [0.15, 0.2) is 11.5 Å². The second-order valence-corrected chi connectivity index (χ2v) is 11.8. The molecule has 0 radical (unpaired) electrons. The molecule has 0 aliphatic carbocycles. The lowest BCUT2D eigenvalue weighted by atomic mass is 10.0. The highest BCUT2D eigenvalue weighted by atomic mass is 19.1.